The number of nitrogens with one attached hydrogen (secondary N) is 2. The highest BCUT2D eigenvalue weighted by molar-refractivity contribution is 5.76. The van der Waals surface area contributed by atoms with Gasteiger partial charge in [-0.2, -0.15) is 0 Å². The van der Waals surface area contributed by atoms with Crippen LogP contribution in [0, 0.1) is 5.82 Å². The molecule has 1 aliphatic rings. The molecule has 2 heterocycles. The molecular formula is C18H16FN3O4. The maximum Gasteiger partial charge on any atom is 0.321 e. The molecule has 3 aromatic rings. The number of fused-ring (bicyclic) bond motifs is 2. The highest BCUT2D eigenvalue weighted by Gasteiger charge is 2.20. The minimum Gasteiger partial charge on any atom is -0.480 e. The number of hydrogen-bond donors (Lipinski definition) is 3. The third kappa shape index (κ3) is 3.31. The monoisotopic (exact) mass is 357 g/mol. The number of carboxylic acids is 1. The fourth-order valence-electron chi connectivity index (χ4n) is 2.86. The molecule has 1 atom stereocenters. The van der Waals surface area contributed by atoms with E-state index in [9.17, 15) is 14.3 Å². The maximum atomic E-state index is 13.3. The van der Waals surface area contributed by atoms with Crippen LogP contribution in [-0.2, 0) is 17.8 Å². The molecule has 4 rings (SSSR count). The summed E-state index contributed by atoms with van der Waals surface area (Å²) >= 11 is 0. The second-order valence-electron chi connectivity index (χ2n) is 6.01. The molecule has 2 aromatic carbocycles. The van der Waals surface area contributed by atoms with E-state index in [-0.39, 0.29) is 19.0 Å². The van der Waals surface area contributed by atoms with Crippen molar-refractivity contribution in [1.29, 1.82) is 0 Å². The van der Waals surface area contributed by atoms with Crippen LogP contribution in [0.1, 0.15) is 11.4 Å². The number of halogens is 1. The quantitative estimate of drug-likeness (QED) is 0.626. The molecule has 0 spiro atoms. The molecule has 7 nitrogen and oxygen atoms in total. The van der Waals surface area contributed by atoms with Crippen LogP contribution in [0.5, 0.6) is 11.5 Å². The standard InChI is InChI=1S/C18H16FN3O4/c19-11-2-3-12-13(6-11)22-17(21-12)7-14(18(23)24)20-8-10-1-4-15-16(5-10)26-9-25-15/h1-6,14,20H,7-9H2,(H,21,22)(H,23,24)/t14-/m1/s1. The van der Waals surface area contributed by atoms with Gasteiger partial charge in [0.1, 0.15) is 17.7 Å². The normalized spacial score (nSPS) is 13.9. The SMILES string of the molecule is O=C(O)[C@@H](Cc1nc2ccc(F)cc2[nH]1)NCc1ccc2c(c1)OCO2. The molecule has 0 aliphatic carbocycles. The number of imidazole rings is 1. The van der Waals surface area contributed by atoms with Crippen molar-refractivity contribution in [2.75, 3.05) is 6.79 Å². The zero-order valence-electron chi connectivity index (χ0n) is 13.7. The first-order valence-electron chi connectivity index (χ1n) is 8.07. The minimum atomic E-state index is -0.989. The Labute approximate surface area is 147 Å². The average Bonchev–Trinajstić information content (AvgIpc) is 3.23. The Hall–Kier alpha value is -3.13. The number of aliphatic carboxylic acids is 1. The number of benzene rings is 2. The van der Waals surface area contributed by atoms with E-state index in [0.717, 1.165) is 5.56 Å². The number of carbonyl (C=O) groups is 1. The Balaban J connectivity index is 1.46. The van der Waals surface area contributed by atoms with Crippen LogP contribution in [0.25, 0.3) is 11.0 Å². The van der Waals surface area contributed by atoms with E-state index in [0.29, 0.717) is 34.9 Å². The predicted molar refractivity (Wildman–Crippen MR) is 90.6 cm³/mol. The summed E-state index contributed by atoms with van der Waals surface area (Å²) in [5.74, 6) is 0.450. The number of ether oxygens (including phenoxy) is 2. The Morgan fingerprint density at radius 1 is 1.27 bits per heavy atom. The first-order chi connectivity index (χ1) is 12.6. The highest BCUT2D eigenvalue weighted by Crippen LogP contribution is 2.32. The summed E-state index contributed by atoms with van der Waals surface area (Å²) in [6.07, 6.45) is 0.149. The van der Waals surface area contributed by atoms with E-state index in [4.69, 9.17) is 9.47 Å². The molecular weight excluding hydrogens is 341 g/mol. The number of aromatic nitrogens is 2. The molecule has 1 aromatic heterocycles. The second kappa shape index (κ2) is 6.64. The molecule has 3 N–H and O–H groups in total. The van der Waals surface area contributed by atoms with Gasteiger partial charge in [0.25, 0.3) is 0 Å². The summed E-state index contributed by atoms with van der Waals surface area (Å²) in [5, 5.41) is 12.5. The van der Waals surface area contributed by atoms with Crippen LogP contribution in [0.3, 0.4) is 0 Å². The van der Waals surface area contributed by atoms with Crippen molar-refractivity contribution in [3.05, 3.63) is 53.6 Å². The summed E-state index contributed by atoms with van der Waals surface area (Å²) in [6.45, 7) is 0.541. The molecule has 8 heteroatoms. The predicted octanol–water partition coefficient (Wildman–Crippen LogP) is 2.22. The molecule has 0 bridgehead atoms. The van der Waals surface area contributed by atoms with E-state index < -0.39 is 12.0 Å². The van der Waals surface area contributed by atoms with Gasteiger partial charge in [-0.05, 0) is 35.9 Å². The van der Waals surface area contributed by atoms with Gasteiger partial charge in [-0.1, -0.05) is 6.07 Å². The van der Waals surface area contributed by atoms with Gasteiger partial charge in [0.05, 0.1) is 11.0 Å². The van der Waals surface area contributed by atoms with Gasteiger partial charge < -0.3 is 19.6 Å². The lowest BCUT2D eigenvalue weighted by atomic mass is 10.1. The lowest BCUT2D eigenvalue weighted by Crippen LogP contribution is -2.38. The van der Waals surface area contributed by atoms with E-state index in [1.54, 1.807) is 12.1 Å². The maximum absolute atomic E-state index is 13.3. The Morgan fingerprint density at radius 3 is 2.96 bits per heavy atom. The molecule has 1 aliphatic heterocycles. The number of nitrogens with zero attached hydrogens (tertiary/aromatic N) is 1. The van der Waals surface area contributed by atoms with Gasteiger partial charge in [-0.3, -0.25) is 10.1 Å². The summed E-state index contributed by atoms with van der Waals surface area (Å²) in [6, 6.07) is 8.83. The minimum absolute atomic E-state index is 0.149. The van der Waals surface area contributed by atoms with E-state index >= 15 is 0 Å². The largest absolute Gasteiger partial charge is 0.480 e. The molecule has 0 saturated heterocycles. The molecule has 26 heavy (non-hydrogen) atoms. The molecule has 0 unspecified atom stereocenters. The first-order valence-corrected chi connectivity index (χ1v) is 8.07. The fourth-order valence-corrected chi connectivity index (χ4v) is 2.86. The van der Waals surface area contributed by atoms with Crippen molar-refractivity contribution in [1.82, 2.24) is 15.3 Å². The van der Waals surface area contributed by atoms with Crippen molar-refractivity contribution < 1.29 is 23.8 Å². The van der Waals surface area contributed by atoms with Crippen molar-refractivity contribution in [2.45, 2.75) is 19.0 Å². The second-order valence-corrected chi connectivity index (χ2v) is 6.01. The third-order valence-electron chi connectivity index (χ3n) is 4.18. The highest BCUT2D eigenvalue weighted by atomic mass is 19.1. The smallest absolute Gasteiger partial charge is 0.321 e. The molecule has 0 radical (unpaired) electrons. The van der Waals surface area contributed by atoms with Crippen LogP contribution in [0.4, 0.5) is 4.39 Å². The first kappa shape index (κ1) is 16.3. The lowest BCUT2D eigenvalue weighted by molar-refractivity contribution is -0.139. The zero-order valence-corrected chi connectivity index (χ0v) is 13.7. The van der Waals surface area contributed by atoms with Crippen molar-refractivity contribution >= 4 is 17.0 Å². The number of rotatable bonds is 6. The van der Waals surface area contributed by atoms with Gasteiger partial charge in [0.2, 0.25) is 6.79 Å². The van der Waals surface area contributed by atoms with E-state index in [1.807, 2.05) is 12.1 Å². The number of hydrogen-bond acceptors (Lipinski definition) is 5. The Kier molecular flexibility index (Phi) is 4.18. The summed E-state index contributed by atoms with van der Waals surface area (Å²) in [7, 11) is 0. The van der Waals surface area contributed by atoms with Crippen molar-refractivity contribution in [2.24, 2.45) is 0 Å². The number of carboxylic acid groups (broad SMARTS) is 1. The van der Waals surface area contributed by atoms with Gasteiger partial charge in [-0.25, -0.2) is 9.37 Å². The Morgan fingerprint density at radius 2 is 2.12 bits per heavy atom. The lowest BCUT2D eigenvalue weighted by Gasteiger charge is -2.13. The third-order valence-corrected chi connectivity index (χ3v) is 4.18. The van der Waals surface area contributed by atoms with Crippen LogP contribution in [-0.4, -0.2) is 33.9 Å². The molecule has 0 saturated carbocycles. The fraction of sp³-hybridized carbons (Fsp3) is 0.222. The van der Waals surface area contributed by atoms with Gasteiger partial charge in [0.15, 0.2) is 11.5 Å². The van der Waals surface area contributed by atoms with E-state index in [2.05, 4.69) is 15.3 Å². The van der Waals surface area contributed by atoms with E-state index in [1.165, 1.54) is 12.1 Å². The van der Waals surface area contributed by atoms with Gasteiger partial charge in [-0.15, -0.1) is 0 Å². The van der Waals surface area contributed by atoms with Crippen molar-refractivity contribution in [3.63, 3.8) is 0 Å². The van der Waals surface area contributed by atoms with Crippen LogP contribution in [0.15, 0.2) is 36.4 Å². The summed E-state index contributed by atoms with van der Waals surface area (Å²) in [4.78, 5) is 18.9. The number of H-pyrrole nitrogens is 1. The molecule has 0 amide bonds. The van der Waals surface area contributed by atoms with Crippen molar-refractivity contribution in [3.8, 4) is 11.5 Å². The summed E-state index contributed by atoms with van der Waals surface area (Å²) in [5.41, 5.74) is 2.02. The summed E-state index contributed by atoms with van der Waals surface area (Å²) < 4.78 is 23.8. The Bertz CT molecular complexity index is 972. The number of aromatic amines is 1. The van der Waals surface area contributed by atoms with Crippen LogP contribution < -0.4 is 14.8 Å². The molecule has 0 fully saturated rings. The zero-order chi connectivity index (χ0) is 18.1. The van der Waals surface area contributed by atoms with Gasteiger partial charge in [0, 0.05) is 13.0 Å². The van der Waals surface area contributed by atoms with Gasteiger partial charge >= 0.3 is 5.97 Å². The van der Waals surface area contributed by atoms with Crippen LogP contribution >= 0.6 is 0 Å². The topological polar surface area (TPSA) is 96.5 Å². The van der Waals surface area contributed by atoms with Crippen LogP contribution in [0.2, 0.25) is 0 Å². The average molecular weight is 357 g/mol. The molecule has 134 valence electrons.